The monoisotopic (exact) mass is 311 g/mol. The number of nitrogens with zero attached hydrogens (tertiary/aromatic N) is 2. The second-order valence-corrected chi connectivity index (χ2v) is 4.43. The Morgan fingerprint density at radius 1 is 1.28 bits per heavy atom. The first-order chi connectivity index (χ1) is 8.69. The number of rotatable bonds is 4. The van der Waals surface area contributed by atoms with E-state index in [0.29, 0.717) is 6.54 Å². The van der Waals surface area contributed by atoms with E-state index in [1.807, 2.05) is 24.3 Å². The Kier molecular flexibility index (Phi) is 4.06. The summed E-state index contributed by atoms with van der Waals surface area (Å²) in [6, 6.07) is 7.69. The van der Waals surface area contributed by atoms with E-state index >= 15 is 0 Å². The predicted octanol–water partition coefficient (Wildman–Crippen LogP) is 2.28. The normalized spacial score (nSPS) is 10.2. The standard InChI is InChI=1S/C11H11BrFN5/c12-8-3-1-7(2-4-8)5-15-10-9(13)6-16-11(17-10)18-14/h1-4,6H,5,14H2,(H2,15,16,17,18). The van der Waals surface area contributed by atoms with Crippen molar-refractivity contribution in [1.29, 1.82) is 0 Å². The van der Waals surface area contributed by atoms with Crippen LogP contribution >= 0.6 is 15.9 Å². The van der Waals surface area contributed by atoms with Crippen molar-refractivity contribution in [2.75, 3.05) is 10.7 Å². The van der Waals surface area contributed by atoms with Crippen molar-refractivity contribution in [2.45, 2.75) is 6.54 Å². The molecule has 18 heavy (non-hydrogen) atoms. The van der Waals surface area contributed by atoms with Gasteiger partial charge < -0.3 is 5.32 Å². The summed E-state index contributed by atoms with van der Waals surface area (Å²) >= 11 is 3.35. The van der Waals surface area contributed by atoms with Crippen LogP contribution in [0.25, 0.3) is 0 Å². The smallest absolute Gasteiger partial charge is 0.239 e. The Labute approximate surface area is 112 Å². The van der Waals surface area contributed by atoms with Crippen molar-refractivity contribution in [3.63, 3.8) is 0 Å². The van der Waals surface area contributed by atoms with Gasteiger partial charge in [0.2, 0.25) is 5.95 Å². The molecule has 1 aromatic heterocycles. The van der Waals surface area contributed by atoms with Crippen LogP contribution in [-0.4, -0.2) is 9.97 Å². The number of benzene rings is 1. The van der Waals surface area contributed by atoms with Gasteiger partial charge in [-0.3, -0.25) is 5.43 Å². The largest absolute Gasteiger partial charge is 0.363 e. The first kappa shape index (κ1) is 12.7. The van der Waals surface area contributed by atoms with Crippen molar-refractivity contribution >= 4 is 27.7 Å². The first-order valence-corrected chi connectivity index (χ1v) is 5.96. The third-order valence-electron chi connectivity index (χ3n) is 2.25. The molecule has 0 saturated carbocycles. The molecule has 1 aromatic carbocycles. The highest BCUT2D eigenvalue weighted by Crippen LogP contribution is 2.14. The van der Waals surface area contributed by atoms with E-state index in [2.05, 4.69) is 36.6 Å². The Hall–Kier alpha value is -1.73. The maximum atomic E-state index is 13.4. The summed E-state index contributed by atoms with van der Waals surface area (Å²) in [5.41, 5.74) is 3.28. The molecule has 0 radical (unpaired) electrons. The molecule has 0 spiro atoms. The van der Waals surface area contributed by atoms with Crippen LogP contribution < -0.4 is 16.6 Å². The van der Waals surface area contributed by atoms with Gasteiger partial charge in [-0.2, -0.15) is 4.98 Å². The molecule has 1 heterocycles. The topological polar surface area (TPSA) is 75.9 Å². The molecule has 4 N–H and O–H groups in total. The minimum absolute atomic E-state index is 0.112. The van der Waals surface area contributed by atoms with Gasteiger partial charge in [-0.05, 0) is 17.7 Å². The fraction of sp³-hybridized carbons (Fsp3) is 0.0909. The number of aromatic nitrogens is 2. The van der Waals surface area contributed by atoms with E-state index in [1.54, 1.807) is 0 Å². The minimum Gasteiger partial charge on any atom is -0.363 e. The molecule has 0 atom stereocenters. The van der Waals surface area contributed by atoms with Crippen molar-refractivity contribution < 1.29 is 4.39 Å². The van der Waals surface area contributed by atoms with Crippen molar-refractivity contribution in [1.82, 2.24) is 9.97 Å². The summed E-state index contributed by atoms with van der Waals surface area (Å²) in [7, 11) is 0. The molecular formula is C11H11BrFN5. The molecule has 0 amide bonds. The lowest BCUT2D eigenvalue weighted by Crippen LogP contribution is -2.13. The summed E-state index contributed by atoms with van der Waals surface area (Å²) in [6.45, 7) is 0.464. The molecule has 0 aliphatic heterocycles. The van der Waals surface area contributed by atoms with E-state index in [9.17, 15) is 4.39 Å². The van der Waals surface area contributed by atoms with Gasteiger partial charge in [0, 0.05) is 11.0 Å². The second kappa shape index (κ2) is 5.74. The van der Waals surface area contributed by atoms with Gasteiger partial charge in [-0.25, -0.2) is 15.2 Å². The van der Waals surface area contributed by atoms with Gasteiger partial charge in [0.15, 0.2) is 11.6 Å². The summed E-state index contributed by atoms with van der Waals surface area (Å²) in [5, 5.41) is 2.89. The number of nitrogens with two attached hydrogens (primary N) is 1. The molecule has 5 nitrogen and oxygen atoms in total. The molecule has 0 bridgehead atoms. The predicted molar refractivity (Wildman–Crippen MR) is 71.3 cm³/mol. The Bertz CT molecular complexity index is 531. The molecule has 2 rings (SSSR count). The SMILES string of the molecule is NNc1ncc(F)c(NCc2ccc(Br)cc2)n1. The lowest BCUT2D eigenvalue weighted by Gasteiger charge is -2.07. The number of hydrazine groups is 1. The second-order valence-electron chi connectivity index (χ2n) is 3.51. The molecule has 0 aliphatic carbocycles. The number of anilines is 2. The fourth-order valence-corrected chi connectivity index (χ4v) is 1.61. The Balaban J connectivity index is 2.07. The van der Waals surface area contributed by atoms with E-state index in [0.717, 1.165) is 16.2 Å². The highest BCUT2D eigenvalue weighted by atomic mass is 79.9. The molecule has 0 fully saturated rings. The van der Waals surface area contributed by atoms with Gasteiger partial charge in [-0.1, -0.05) is 28.1 Å². The third kappa shape index (κ3) is 3.14. The van der Waals surface area contributed by atoms with E-state index in [-0.39, 0.29) is 11.8 Å². The molecule has 2 aromatic rings. The number of halogens is 2. The van der Waals surface area contributed by atoms with E-state index < -0.39 is 5.82 Å². The van der Waals surface area contributed by atoms with Crippen molar-refractivity contribution in [3.8, 4) is 0 Å². The molecule has 7 heteroatoms. The fourth-order valence-electron chi connectivity index (χ4n) is 1.35. The zero-order chi connectivity index (χ0) is 13.0. The highest BCUT2D eigenvalue weighted by Gasteiger charge is 2.05. The van der Waals surface area contributed by atoms with Gasteiger partial charge >= 0.3 is 0 Å². The van der Waals surface area contributed by atoms with Gasteiger partial charge in [-0.15, -0.1) is 0 Å². The summed E-state index contributed by atoms with van der Waals surface area (Å²) in [4.78, 5) is 7.54. The van der Waals surface area contributed by atoms with Gasteiger partial charge in [0.05, 0.1) is 6.20 Å². The number of hydrogen-bond acceptors (Lipinski definition) is 5. The van der Waals surface area contributed by atoms with Crippen LogP contribution in [0.2, 0.25) is 0 Å². The molecular weight excluding hydrogens is 301 g/mol. The number of nitrogen functional groups attached to an aromatic ring is 1. The Morgan fingerprint density at radius 3 is 2.67 bits per heavy atom. The van der Waals surface area contributed by atoms with Crippen LogP contribution in [-0.2, 0) is 6.54 Å². The van der Waals surface area contributed by atoms with Gasteiger partial charge in [0.1, 0.15) is 0 Å². The lowest BCUT2D eigenvalue weighted by atomic mass is 10.2. The average Bonchev–Trinajstić information content (AvgIpc) is 2.40. The lowest BCUT2D eigenvalue weighted by molar-refractivity contribution is 0.617. The average molecular weight is 312 g/mol. The molecule has 94 valence electrons. The van der Waals surface area contributed by atoms with Crippen LogP contribution in [0, 0.1) is 5.82 Å². The quantitative estimate of drug-likeness (QED) is 0.596. The highest BCUT2D eigenvalue weighted by molar-refractivity contribution is 9.10. The van der Waals surface area contributed by atoms with E-state index in [4.69, 9.17) is 5.84 Å². The summed E-state index contributed by atoms with van der Waals surface area (Å²) in [5.74, 6) is 4.91. The van der Waals surface area contributed by atoms with Crippen molar-refractivity contribution in [3.05, 3.63) is 46.3 Å². The van der Waals surface area contributed by atoms with E-state index in [1.165, 1.54) is 0 Å². The summed E-state index contributed by atoms with van der Waals surface area (Å²) < 4.78 is 14.4. The number of nitrogens with one attached hydrogen (secondary N) is 2. The third-order valence-corrected chi connectivity index (χ3v) is 2.78. The molecule has 0 unspecified atom stereocenters. The first-order valence-electron chi connectivity index (χ1n) is 5.16. The maximum absolute atomic E-state index is 13.4. The van der Waals surface area contributed by atoms with Crippen molar-refractivity contribution in [2.24, 2.45) is 5.84 Å². The summed E-state index contributed by atoms with van der Waals surface area (Å²) in [6.07, 6.45) is 1.06. The number of hydrogen-bond donors (Lipinski definition) is 3. The Morgan fingerprint density at radius 2 is 2.00 bits per heavy atom. The molecule has 0 saturated heterocycles. The minimum atomic E-state index is -0.522. The zero-order valence-electron chi connectivity index (χ0n) is 9.32. The maximum Gasteiger partial charge on any atom is 0.239 e. The zero-order valence-corrected chi connectivity index (χ0v) is 10.9. The van der Waals surface area contributed by atoms with Crippen LogP contribution in [0.3, 0.4) is 0 Å². The van der Waals surface area contributed by atoms with Gasteiger partial charge in [0.25, 0.3) is 0 Å². The van der Waals surface area contributed by atoms with Crippen LogP contribution in [0.1, 0.15) is 5.56 Å². The van der Waals surface area contributed by atoms with Crippen LogP contribution in [0.4, 0.5) is 16.2 Å². The van der Waals surface area contributed by atoms with Crippen LogP contribution in [0.5, 0.6) is 0 Å². The molecule has 0 aliphatic rings. The van der Waals surface area contributed by atoms with Crippen LogP contribution in [0.15, 0.2) is 34.9 Å².